The zero-order valence-electron chi connectivity index (χ0n) is 14.6. The van der Waals surface area contributed by atoms with Gasteiger partial charge in [0.25, 0.3) is 0 Å². The summed E-state index contributed by atoms with van der Waals surface area (Å²) in [4.78, 5) is 14.2. The van der Waals surface area contributed by atoms with Gasteiger partial charge in [-0.05, 0) is 44.7 Å². The second kappa shape index (κ2) is 5.02. The van der Waals surface area contributed by atoms with Gasteiger partial charge in [-0.25, -0.2) is 4.79 Å². The molecule has 2 saturated heterocycles. The maximum absolute atomic E-state index is 12.5. The number of rotatable bonds is 1. The number of benzene rings is 1. The minimum Gasteiger partial charge on any atom is -0.507 e. The van der Waals surface area contributed by atoms with Crippen LogP contribution in [0.2, 0.25) is 0 Å². The monoisotopic (exact) mass is 332 g/mol. The SMILES string of the molecule is Cc1c(C)c2c(c(C)c1O)C1CC([C@H]3CCCO3)(O2)N(C)C(=O)N1. The molecule has 3 heterocycles. The van der Waals surface area contributed by atoms with Gasteiger partial charge in [0, 0.05) is 31.2 Å². The average molecular weight is 332 g/mol. The molecule has 1 aromatic carbocycles. The molecule has 1 aromatic rings. The van der Waals surface area contributed by atoms with Crippen molar-refractivity contribution >= 4 is 6.03 Å². The van der Waals surface area contributed by atoms with E-state index >= 15 is 0 Å². The van der Waals surface area contributed by atoms with E-state index in [9.17, 15) is 9.90 Å². The summed E-state index contributed by atoms with van der Waals surface area (Å²) >= 11 is 0. The fourth-order valence-electron chi connectivity index (χ4n) is 4.39. The summed E-state index contributed by atoms with van der Waals surface area (Å²) < 4.78 is 12.5. The standard InChI is InChI=1S/C18H24N2O4/c1-9-10(2)16-14(11(3)15(9)21)12-8-18(24-16,13-6-5-7-23-13)20(4)17(22)19-12/h12-13,21H,5-8H2,1-4H3,(H,19,22)/t12?,13-,18?/m1/s1. The lowest BCUT2D eigenvalue weighted by Crippen LogP contribution is -2.69. The van der Waals surface area contributed by atoms with Crippen molar-refractivity contribution in [3.8, 4) is 11.5 Å². The van der Waals surface area contributed by atoms with Crippen LogP contribution in [-0.2, 0) is 4.74 Å². The third kappa shape index (κ3) is 1.83. The number of nitrogens with zero attached hydrogens (tertiary/aromatic N) is 1. The van der Waals surface area contributed by atoms with Crippen molar-refractivity contribution in [3.05, 3.63) is 22.3 Å². The summed E-state index contributed by atoms with van der Waals surface area (Å²) in [5, 5.41) is 13.5. The Balaban J connectivity index is 1.92. The number of fused-ring (bicyclic) bond motifs is 4. The van der Waals surface area contributed by atoms with Crippen LogP contribution < -0.4 is 10.1 Å². The lowest BCUT2D eigenvalue weighted by atomic mass is 9.82. The summed E-state index contributed by atoms with van der Waals surface area (Å²) in [5.74, 6) is 1.06. The first kappa shape index (κ1) is 15.6. The van der Waals surface area contributed by atoms with E-state index in [1.165, 1.54) is 0 Å². The molecule has 6 heteroatoms. The van der Waals surface area contributed by atoms with Crippen molar-refractivity contribution in [2.45, 2.75) is 57.9 Å². The highest BCUT2D eigenvalue weighted by atomic mass is 16.6. The lowest BCUT2D eigenvalue weighted by molar-refractivity contribution is -0.164. The molecule has 3 aliphatic heterocycles. The Bertz CT molecular complexity index is 726. The number of phenols is 1. The second-order valence-corrected chi connectivity index (χ2v) is 7.18. The molecule has 0 radical (unpaired) electrons. The Hall–Kier alpha value is -1.95. The molecule has 0 aromatic heterocycles. The highest BCUT2D eigenvalue weighted by molar-refractivity contribution is 5.78. The highest BCUT2D eigenvalue weighted by Crippen LogP contribution is 2.52. The van der Waals surface area contributed by atoms with Crippen LogP contribution in [0.4, 0.5) is 4.79 Å². The van der Waals surface area contributed by atoms with Crippen LogP contribution in [0.1, 0.15) is 47.6 Å². The van der Waals surface area contributed by atoms with Gasteiger partial charge in [0.1, 0.15) is 17.6 Å². The molecule has 2 amide bonds. The Kier molecular flexibility index (Phi) is 3.26. The largest absolute Gasteiger partial charge is 0.507 e. The molecule has 24 heavy (non-hydrogen) atoms. The summed E-state index contributed by atoms with van der Waals surface area (Å²) in [6.45, 7) is 6.44. The fourth-order valence-corrected chi connectivity index (χ4v) is 4.39. The maximum atomic E-state index is 12.5. The van der Waals surface area contributed by atoms with Gasteiger partial charge in [0.2, 0.25) is 5.72 Å². The van der Waals surface area contributed by atoms with Crippen LogP contribution in [0.3, 0.4) is 0 Å². The minimum atomic E-state index is -0.781. The smallest absolute Gasteiger partial charge is 0.320 e. The normalized spacial score (nSPS) is 31.5. The van der Waals surface area contributed by atoms with Gasteiger partial charge in [-0.3, -0.25) is 4.90 Å². The summed E-state index contributed by atoms with van der Waals surface area (Å²) in [6.07, 6.45) is 2.36. The summed E-state index contributed by atoms with van der Waals surface area (Å²) in [7, 11) is 1.77. The van der Waals surface area contributed by atoms with Crippen molar-refractivity contribution in [3.63, 3.8) is 0 Å². The third-order valence-corrected chi connectivity index (χ3v) is 5.99. The number of urea groups is 1. The van der Waals surface area contributed by atoms with Gasteiger partial charge in [-0.1, -0.05) is 0 Å². The van der Waals surface area contributed by atoms with Crippen LogP contribution in [0.15, 0.2) is 0 Å². The zero-order valence-corrected chi connectivity index (χ0v) is 14.6. The van der Waals surface area contributed by atoms with E-state index < -0.39 is 5.72 Å². The minimum absolute atomic E-state index is 0.127. The molecule has 0 aliphatic carbocycles. The molecule has 2 fully saturated rings. The number of hydrogen-bond acceptors (Lipinski definition) is 4. The third-order valence-electron chi connectivity index (χ3n) is 5.99. The van der Waals surface area contributed by atoms with E-state index in [0.717, 1.165) is 40.8 Å². The van der Waals surface area contributed by atoms with Crippen LogP contribution in [0.25, 0.3) is 0 Å². The van der Waals surface area contributed by atoms with E-state index in [-0.39, 0.29) is 23.9 Å². The van der Waals surface area contributed by atoms with Crippen molar-refractivity contribution in [1.29, 1.82) is 0 Å². The molecular weight excluding hydrogens is 308 g/mol. The van der Waals surface area contributed by atoms with Gasteiger partial charge < -0.3 is 19.9 Å². The second-order valence-electron chi connectivity index (χ2n) is 7.18. The zero-order chi connectivity index (χ0) is 17.2. The van der Waals surface area contributed by atoms with Crippen molar-refractivity contribution in [2.24, 2.45) is 0 Å². The first-order valence-electron chi connectivity index (χ1n) is 8.54. The number of ether oxygens (including phenoxy) is 2. The predicted molar refractivity (Wildman–Crippen MR) is 88.3 cm³/mol. The Labute approximate surface area is 141 Å². The first-order valence-corrected chi connectivity index (χ1v) is 8.54. The topological polar surface area (TPSA) is 71.0 Å². The first-order chi connectivity index (χ1) is 11.4. The number of carbonyl (C=O) groups excluding carboxylic acids is 1. The van der Waals surface area contributed by atoms with Gasteiger partial charge >= 0.3 is 6.03 Å². The molecule has 2 unspecified atom stereocenters. The lowest BCUT2D eigenvalue weighted by Gasteiger charge is -2.53. The Morgan fingerprint density at radius 2 is 2.00 bits per heavy atom. The van der Waals surface area contributed by atoms with Crippen LogP contribution in [-0.4, -0.2) is 41.5 Å². The molecule has 3 atom stereocenters. The van der Waals surface area contributed by atoms with E-state index in [1.54, 1.807) is 11.9 Å². The van der Waals surface area contributed by atoms with Gasteiger partial charge in [0.05, 0.1) is 6.04 Å². The number of likely N-dealkylation sites (N-methyl/N-ethyl adjacent to an activating group) is 1. The van der Waals surface area contributed by atoms with Gasteiger partial charge in [-0.2, -0.15) is 0 Å². The molecule has 4 rings (SSSR count). The van der Waals surface area contributed by atoms with E-state index in [4.69, 9.17) is 9.47 Å². The van der Waals surface area contributed by atoms with Crippen LogP contribution in [0, 0.1) is 20.8 Å². The van der Waals surface area contributed by atoms with E-state index in [0.29, 0.717) is 13.0 Å². The van der Waals surface area contributed by atoms with Crippen LogP contribution in [0.5, 0.6) is 11.5 Å². The molecule has 2 bridgehead atoms. The number of amides is 2. The Morgan fingerprint density at radius 1 is 1.25 bits per heavy atom. The molecule has 130 valence electrons. The van der Waals surface area contributed by atoms with Crippen LogP contribution >= 0.6 is 0 Å². The van der Waals surface area contributed by atoms with E-state index in [2.05, 4.69) is 5.32 Å². The van der Waals surface area contributed by atoms with Crippen molar-refractivity contribution in [1.82, 2.24) is 10.2 Å². The quantitative estimate of drug-likeness (QED) is 0.829. The molecule has 6 nitrogen and oxygen atoms in total. The number of phenolic OH excluding ortho intramolecular Hbond substituents is 1. The molecule has 3 aliphatic rings. The predicted octanol–water partition coefficient (Wildman–Crippen LogP) is 2.67. The Morgan fingerprint density at radius 3 is 2.67 bits per heavy atom. The fraction of sp³-hybridized carbons (Fsp3) is 0.611. The van der Waals surface area contributed by atoms with Gasteiger partial charge in [0.15, 0.2) is 0 Å². The molecule has 2 N–H and O–H groups in total. The highest BCUT2D eigenvalue weighted by Gasteiger charge is 2.57. The van der Waals surface area contributed by atoms with E-state index in [1.807, 2.05) is 20.8 Å². The molecule has 0 spiro atoms. The van der Waals surface area contributed by atoms with Gasteiger partial charge in [-0.15, -0.1) is 0 Å². The number of nitrogens with one attached hydrogen (secondary N) is 1. The maximum Gasteiger partial charge on any atom is 0.320 e. The summed E-state index contributed by atoms with van der Waals surface area (Å²) in [5.41, 5.74) is 2.64. The van der Waals surface area contributed by atoms with Crippen molar-refractivity contribution in [2.75, 3.05) is 13.7 Å². The molecule has 0 saturated carbocycles. The van der Waals surface area contributed by atoms with Crippen molar-refractivity contribution < 1.29 is 19.4 Å². The number of carbonyl (C=O) groups is 1. The average Bonchev–Trinajstić information content (AvgIpc) is 3.10. The molecular formula is C18H24N2O4. The number of aromatic hydroxyl groups is 1. The number of hydrogen-bond donors (Lipinski definition) is 2. The summed E-state index contributed by atoms with van der Waals surface area (Å²) in [6, 6.07) is -0.337.